The number of benzene rings is 1. The van der Waals surface area contributed by atoms with E-state index in [-0.39, 0.29) is 30.3 Å². The largest absolute Gasteiger partial charge is 0.382 e. The Hall–Kier alpha value is -2.42. The Morgan fingerprint density at radius 3 is 2.93 bits per heavy atom. The van der Waals surface area contributed by atoms with E-state index in [2.05, 4.69) is 21.0 Å². The molecule has 1 atom stereocenters. The van der Waals surface area contributed by atoms with Gasteiger partial charge in [0.05, 0.1) is 6.04 Å². The van der Waals surface area contributed by atoms with Crippen LogP contribution < -0.4 is 16.0 Å². The van der Waals surface area contributed by atoms with E-state index in [0.29, 0.717) is 36.7 Å². The van der Waals surface area contributed by atoms with Gasteiger partial charge >= 0.3 is 0 Å². The molecule has 0 radical (unpaired) electrons. The number of nitrogens with one attached hydrogen (secondary N) is 3. The summed E-state index contributed by atoms with van der Waals surface area (Å²) in [7, 11) is 0. The van der Waals surface area contributed by atoms with Gasteiger partial charge in [0.15, 0.2) is 5.69 Å². The molecule has 1 aliphatic heterocycles. The number of piperidine rings is 1. The first-order valence-electron chi connectivity index (χ1n) is 10.2. The summed E-state index contributed by atoms with van der Waals surface area (Å²) in [5.74, 6) is -0.464. The SMILES string of the molecule is CCOCCCNC(=O)c1cccc(NC(=O)c2ccn(C3CCCNC3)n2)c1.Cl. The van der Waals surface area contributed by atoms with Crippen molar-refractivity contribution in [3.05, 3.63) is 47.8 Å². The van der Waals surface area contributed by atoms with Gasteiger partial charge in [0, 0.05) is 43.8 Å². The van der Waals surface area contributed by atoms with Gasteiger partial charge in [-0.1, -0.05) is 6.07 Å². The molecule has 3 N–H and O–H groups in total. The normalized spacial score (nSPS) is 15.8. The molecule has 1 fully saturated rings. The fourth-order valence-corrected chi connectivity index (χ4v) is 3.28. The molecule has 9 heteroatoms. The first-order valence-corrected chi connectivity index (χ1v) is 10.2. The maximum Gasteiger partial charge on any atom is 0.276 e. The van der Waals surface area contributed by atoms with Crippen molar-refractivity contribution in [2.24, 2.45) is 0 Å². The summed E-state index contributed by atoms with van der Waals surface area (Å²) in [5, 5.41) is 13.5. The quantitative estimate of drug-likeness (QED) is 0.526. The van der Waals surface area contributed by atoms with Crippen LogP contribution in [0.4, 0.5) is 5.69 Å². The van der Waals surface area contributed by atoms with Crippen molar-refractivity contribution in [3.8, 4) is 0 Å². The number of carbonyl (C=O) groups excluding carboxylic acids is 2. The molecule has 2 aromatic rings. The molecule has 0 aliphatic carbocycles. The van der Waals surface area contributed by atoms with E-state index in [1.807, 2.05) is 17.8 Å². The van der Waals surface area contributed by atoms with Gasteiger partial charge in [-0.15, -0.1) is 12.4 Å². The van der Waals surface area contributed by atoms with Crippen LogP contribution in [0.3, 0.4) is 0 Å². The Labute approximate surface area is 183 Å². The number of carbonyl (C=O) groups is 2. The van der Waals surface area contributed by atoms with Crippen LogP contribution in [-0.4, -0.2) is 54.4 Å². The number of rotatable bonds is 9. The Kier molecular flexibility index (Phi) is 9.79. The average Bonchev–Trinajstić information content (AvgIpc) is 3.25. The standard InChI is InChI=1S/C21H29N5O3.ClH/c1-2-29-13-5-11-23-20(27)16-6-3-7-17(14-16)24-21(28)19-9-12-26(25-19)18-8-4-10-22-15-18;/h3,6-7,9,12,14,18,22H,2,4-5,8,10-11,13,15H2,1H3,(H,23,27)(H,24,28);1H. The summed E-state index contributed by atoms with van der Waals surface area (Å²) in [6.07, 6.45) is 4.76. The maximum atomic E-state index is 12.5. The van der Waals surface area contributed by atoms with Crippen molar-refractivity contribution >= 4 is 29.9 Å². The molecular weight excluding hydrogens is 406 g/mol. The second-order valence-electron chi connectivity index (χ2n) is 7.02. The van der Waals surface area contributed by atoms with Crippen molar-refractivity contribution in [1.29, 1.82) is 0 Å². The molecule has 0 saturated carbocycles. The molecular formula is C21H30ClN5O3. The molecule has 0 bridgehead atoms. The molecule has 2 heterocycles. The van der Waals surface area contributed by atoms with Crippen molar-refractivity contribution in [1.82, 2.24) is 20.4 Å². The van der Waals surface area contributed by atoms with Crippen LogP contribution in [0.1, 0.15) is 53.1 Å². The van der Waals surface area contributed by atoms with Crippen LogP contribution >= 0.6 is 12.4 Å². The van der Waals surface area contributed by atoms with E-state index >= 15 is 0 Å². The summed E-state index contributed by atoms with van der Waals surface area (Å²) >= 11 is 0. The predicted molar refractivity (Wildman–Crippen MR) is 118 cm³/mol. The summed E-state index contributed by atoms with van der Waals surface area (Å²) in [5.41, 5.74) is 1.42. The highest BCUT2D eigenvalue weighted by Crippen LogP contribution is 2.17. The van der Waals surface area contributed by atoms with Gasteiger partial charge in [0.2, 0.25) is 0 Å². The highest BCUT2D eigenvalue weighted by molar-refractivity contribution is 6.03. The molecule has 1 aromatic carbocycles. The van der Waals surface area contributed by atoms with Gasteiger partial charge in [-0.05, 0) is 57.0 Å². The zero-order chi connectivity index (χ0) is 20.5. The molecule has 1 aliphatic rings. The summed E-state index contributed by atoms with van der Waals surface area (Å²) in [6.45, 7) is 5.67. The number of hydrogen-bond donors (Lipinski definition) is 3. The summed E-state index contributed by atoms with van der Waals surface area (Å²) < 4.78 is 7.11. The Bertz CT molecular complexity index is 820. The van der Waals surface area contributed by atoms with Crippen molar-refractivity contribution < 1.29 is 14.3 Å². The first kappa shape index (κ1) is 23.9. The number of nitrogens with zero attached hydrogens (tertiary/aromatic N) is 2. The molecule has 0 spiro atoms. The van der Waals surface area contributed by atoms with Crippen molar-refractivity contribution in [2.75, 3.05) is 38.2 Å². The Morgan fingerprint density at radius 1 is 1.30 bits per heavy atom. The number of halogens is 1. The predicted octanol–water partition coefficient (Wildman–Crippen LogP) is 2.64. The van der Waals surface area contributed by atoms with Crippen molar-refractivity contribution in [3.63, 3.8) is 0 Å². The van der Waals surface area contributed by atoms with Crippen LogP contribution in [0.2, 0.25) is 0 Å². The molecule has 164 valence electrons. The number of amides is 2. The van der Waals surface area contributed by atoms with Gasteiger partial charge in [-0.3, -0.25) is 14.3 Å². The number of aromatic nitrogens is 2. The zero-order valence-corrected chi connectivity index (χ0v) is 18.0. The molecule has 2 amide bonds. The van der Waals surface area contributed by atoms with E-state index < -0.39 is 0 Å². The van der Waals surface area contributed by atoms with E-state index in [0.717, 1.165) is 32.4 Å². The fraction of sp³-hybridized carbons (Fsp3) is 0.476. The van der Waals surface area contributed by atoms with Crippen molar-refractivity contribution in [2.45, 2.75) is 32.2 Å². The smallest absolute Gasteiger partial charge is 0.276 e. The highest BCUT2D eigenvalue weighted by Gasteiger charge is 2.18. The van der Waals surface area contributed by atoms with Crippen LogP contribution in [0.25, 0.3) is 0 Å². The summed E-state index contributed by atoms with van der Waals surface area (Å²) in [6, 6.07) is 8.89. The lowest BCUT2D eigenvalue weighted by atomic mass is 10.1. The third-order valence-electron chi connectivity index (χ3n) is 4.82. The van der Waals surface area contributed by atoms with Gasteiger partial charge in [0.25, 0.3) is 11.8 Å². The third kappa shape index (κ3) is 6.83. The average molecular weight is 436 g/mol. The Balaban J connectivity index is 0.00000320. The van der Waals surface area contributed by atoms with Gasteiger partial charge < -0.3 is 20.7 Å². The van der Waals surface area contributed by atoms with E-state index in [4.69, 9.17) is 4.74 Å². The fourth-order valence-electron chi connectivity index (χ4n) is 3.28. The molecule has 1 aromatic heterocycles. The lowest BCUT2D eigenvalue weighted by Gasteiger charge is -2.22. The lowest BCUT2D eigenvalue weighted by molar-refractivity contribution is 0.0942. The minimum atomic E-state index is -0.290. The van der Waals surface area contributed by atoms with Crippen LogP contribution in [0, 0.1) is 0 Å². The van der Waals surface area contributed by atoms with Crippen LogP contribution in [-0.2, 0) is 4.74 Å². The Morgan fingerprint density at radius 2 is 2.17 bits per heavy atom. The number of hydrogen-bond acceptors (Lipinski definition) is 5. The number of anilines is 1. The third-order valence-corrected chi connectivity index (χ3v) is 4.82. The minimum Gasteiger partial charge on any atom is -0.382 e. The molecule has 1 saturated heterocycles. The second-order valence-corrected chi connectivity index (χ2v) is 7.02. The highest BCUT2D eigenvalue weighted by atomic mass is 35.5. The van der Waals surface area contributed by atoms with Gasteiger partial charge in [-0.2, -0.15) is 5.10 Å². The second kappa shape index (κ2) is 12.3. The topological polar surface area (TPSA) is 97.3 Å². The minimum absolute atomic E-state index is 0. The summed E-state index contributed by atoms with van der Waals surface area (Å²) in [4.78, 5) is 24.8. The molecule has 3 rings (SSSR count). The van der Waals surface area contributed by atoms with Crippen LogP contribution in [0.5, 0.6) is 0 Å². The first-order chi connectivity index (χ1) is 14.2. The monoisotopic (exact) mass is 435 g/mol. The zero-order valence-electron chi connectivity index (χ0n) is 17.2. The van der Waals surface area contributed by atoms with E-state index in [1.165, 1.54) is 0 Å². The molecule has 1 unspecified atom stereocenters. The maximum absolute atomic E-state index is 12.5. The van der Waals surface area contributed by atoms with E-state index in [1.54, 1.807) is 30.3 Å². The van der Waals surface area contributed by atoms with Crippen LogP contribution in [0.15, 0.2) is 36.5 Å². The van der Waals surface area contributed by atoms with E-state index in [9.17, 15) is 9.59 Å². The van der Waals surface area contributed by atoms with Gasteiger partial charge in [-0.25, -0.2) is 0 Å². The number of ether oxygens (including phenoxy) is 1. The van der Waals surface area contributed by atoms with Gasteiger partial charge in [0.1, 0.15) is 0 Å². The molecule has 30 heavy (non-hydrogen) atoms. The molecule has 8 nitrogen and oxygen atoms in total. The lowest BCUT2D eigenvalue weighted by Crippen LogP contribution is -2.32.